The second kappa shape index (κ2) is 10.2. The Balaban J connectivity index is 1.90. The standard InChI is InChI=1S/C29H27NO7/c1-16-12-17(2)27(37-4)22(13-16)25(31)23-24(20-6-5-7-21(14-20)36-3)30(28(33)26(23)32)15-18-8-10-19(11-9-18)29(34)35/h5-14,24,31H,15H2,1-4H3,(H,34,35)/b25-23+. The zero-order valence-corrected chi connectivity index (χ0v) is 20.9. The van der Waals surface area contributed by atoms with E-state index >= 15 is 0 Å². The third-order valence-electron chi connectivity index (χ3n) is 6.38. The van der Waals surface area contributed by atoms with Crippen LogP contribution in [0.4, 0.5) is 0 Å². The number of carbonyl (C=O) groups excluding carboxylic acids is 2. The number of aliphatic hydroxyl groups excluding tert-OH is 1. The van der Waals surface area contributed by atoms with E-state index in [0.29, 0.717) is 28.2 Å². The fraction of sp³-hybridized carbons (Fsp3) is 0.207. The van der Waals surface area contributed by atoms with Gasteiger partial charge in [-0.15, -0.1) is 0 Å². The summed E-state index contributed by atoms with van der Waals surface area (Å²) in [6.45, 7) is 3.72. The molecule has 0 aliphatic carbocycles. The molecule has 8 nitrogen and oxygen atoms in total. The number of amides is 1. The highest BCUT2D eigenvalue weighted by Gasteiger charge is 2.46. The molecule has 2 N–H and O–H groups in total. The molecule has 4 rings (SSSR count). The van der Waals surface area contributed by atoms with Gasteiger partial charge in [0.1, 0.15) is 17.3 Å². The summed E-state index contributed by atoms with van der Waals surface area (Å²) in [5.41, 5.74) is 3.19. The highest BCUT2D eigenvalue weighted by Crippen LogP contribution is 2.43. The maximum Gasteiger partial charge on any atom is 0.335 e. The van der Waals surface area contributed by atoms with Crippen LogP contribution < -0.4 is 9.47 Å². The lowest BCUT2D eigenvalue weighted by Gasteiger charge is -2.26. The molecular formula is C29H27NO7. The van der Waals surface area contributed by atoms with Crippen molar-refractivity contribution in [2.75, 3.05) is 14.2 Å². The number of methoxy groups -OCH3 is 2. The lowest BCUT2D eigenvalue weighted by atomic mass is 9.93. The van der Waals surface area contributed by atoms with Gasteiger partial charge in [-0.1, -0.05) is 30.3 Å². The maximum absolute atomic E-state index is 13.4. The minimum Gasteiger partial charge on any atom is -0.507 e. The summed E-state index contributed by atoms with van der Waals surface area (Å²) < 4.78 is 10.9. The highest BCUT2D eigenvalue weighted by atomic mass is 16.5. The Morgan fingerprint density at radius 3 is 2.27 bits per heavy atom. The normalized spacial score (nSPS) is 16.6. The van der Waals surface area contributed by atoms with Crippen LogP contribution in [0.15, 0.2) is 66.2 Å². The van der Waals surface area contributed by atoms with Crippen molar-refractivity contribution in [3.63, 3.8) is 0 Å². The molecule has 1 atom stereocenters. The van der Waals surface area contributed by atoms with Crippen LogP contribution in [0.1, 0.15) is 44.2 Å². The molecule has 0 radical (unpaired) electrons. The number of ketones is 1. The number of carboxylic acids is 1. The first-order valence-electron chi connectivity index (χ1n) is 11.6. The van der Waals surface area contributed by atoms with E-state index in [1.165, 1.54) is 31.3 Å². The summed E-state index contributed by atoms with van der Waals surface area (Å²) in [6, 6.07) is 15.7. The van der Waals surface area contributed by atoms with E-state index in [2.05, 4.69) is 0 Å². The lowest BCUT2D eigenvalue weighted by Crippen LogP contribution is -2.29. The van der Waals surface area contributed by atoms with Crippen LogP contribution in [-0.4, -0.2) is 47.0 Å². The summed E-state index contributed by atoms with van der Waals surface area (Å²) in [4.78, 5) is 39.4. The quantitative estimate of drug-likeness (QED) is 0.275. The highest BCUT2D eigenvalue weighted by molar-refractivity contribution is 6.46. The molecule has 0 saturated carbocycles. The zero-order chi connectivity index (χ0) is 26.9. The van der Waals surface area contributed by atoms with Crippen LogP contribution in [0.25, 0.3) is 5.76 Å². The number of carboxylic acid groups (broad SMARTS) is 1. The van der Waals surface area contributed by atoms with Gasteiger partial charge in [0.15, 0.2) is 0 Å². The van der Waals surface area contributed by atoms with Crippen molar-refractivity contribution in [1.82, 2.24) is 4.90 Å². The van der Waals surface area contributed by atoms with Gasteiger partial charge in [0.2, 0.25) is 0 Å². The number of aromatic carboxylic acids is 1. The third-order valence-corrected chi connectivity index (χ3v) is 6.38. The molecule has 0 aromatic heterocycles. The van der Waals surface area contributed by atoms with Gasteiger partial charge in [-0.2, -0.15) is 0 Å². The Kier molecular flexibility index (Phi) is 7.02. The first kappa shape index (κ1) is 25.5. The molecule has 8 heteroatoms. The molecule has 37 heavy (non-hydrogen) atoms. The van der Waals surface area contributed by atoms with E-state index in [9.17, 15) is 24.6 Å². The second-order valence-electron chi connectivity index (χ2n) is 8.87. The third kappa shape index (κ3) is 4.78. The van der Waals surface area contributed by atoms with Crippen LogP contribution in [0.5, 0.6) is 11.5 Å². The van der Waals surface area contributed by atoms with Crippen molar-refractivity contribution in [1.29, 1.82) is 0 Å². The van der Waals surface area contributed by atoms with E-state index in [4.69, 9.17) is 9.47 Å². The number of benzene rings is 3. The smallest absolute Gasteiger partial charge is 0.335 e. The van der Waals surface area contributed by atoms with Crippen molar-refractivity contribution in [3.8, 4) is 11.5 Å². The van der Waals surface area contributed by atoms with Crippen LogP contribution in [0.2, 0.25) is 0 Å². The van der Waals surface area contributed by atoms with Crippen molar-refractivity contribution >= 4 is 23.4 Å². The number of rotatable bonds is 7. The molecule has 1 fully saturated rings. The number of aryl methyl sites for hydroxylation is 2. The van der Waals surface area contributed by atoms with Crippen molar-refractivity contribution < 1.29 is 34.1 Å². The number of ether oxygens (including phenoxy) is 2. The van der Waals surface area contributed by atoms with E-state index in [-0.39, 0.29) is 23.4 Å². The van der Waals surface area contributed by atoms with E-state index in [0.717, 1.165) is 11.1 Å². The number of carbonyl (C=O) groups is 3. The van der Waals surface area contributed by atoms with E-state index in [1.54, 1.807) is 42.5 Å². The molecule has 1 unspecified atom stereocenters. The van der Waals surface area contributed by atoms with Crippen molar-refractivity contribution in [2.45, 2.75) is 26.4 Å². The number of hydrogen-bond donors (Lipinski definition) is 2. The number of likely N-dealkylation sites (tertiary alicyclic amines) is 1. The largest absolute Gasteiger partial charge is 0.507 e. The number of Topliss-reactive ketones (excluding diaryl/α,β-unsaturated/α-hetero) is 1. The van der Waals surface area contributed by atoms with E-state index < -0.39 is 23.7 Å². The molecule has 1 heterocycles. The Labute approximate surface area is 214 Å². The summed E-state index contributed by atoms with van der Waals surface area (Å²) in [6.07, 6.45) is 0. The van der Waals surface area contributed by atoms with Crippen molar-refractivity contribution in [3.05, 3.63) is 99.6 Å². The van der Waals surface area contributed by atoms with Crippen LogP contribution in [0, 0.1) is 13.8 Å². The second-order valence-corrected chi connectivity index (χ2v) is 8.87. The lowest BCUT2D eigenvalue weighted by molar-refractivity contribution is -0.140. The summed E-state index contributed by atoms with van der Waals surface area (Å²) in [7, 11) is 2.99. The average Bonchev–Trinajstić information content (AvgIpc) is 3.13. The van der Waals surface area contributed by atoms with Crippen LogP contribution >= 0.6 is 0 Å². The molecule has 0 spiro atoms. The zero-order valence-electron chi connectivity index (χ0n) is 20.9. The number of aliphatic hydroxyl groups is 1. The number of nitrogens with zero attached hydrogens (tertiary/aromatic N) is 1. The summed E-state index contributed by atoms with van der Waals surface area (Å²) >= 11 is 0. The van der Waals surface area contributed by atoms with E-state index in [1.807, 2.05) is 19.9 Å². The molecule has 3 aromatic carbocycles. The van der Waals surface area contributed by atoms with Gasteiger partial charge < -0.3 is 24.6 Å². The molecule has 1 amide bonds. The Bertz CT molecular complexity index is 1420. The average molecular weight is 502 g/mol. The van der Waals surface area contributed by atoms with Gasteiger partial charge in [-0.05, 0) is 66.4 Å². The molecule has 0 bridgehead atoms. The van der Waals surface area contributed by atoms with Gasteiger partial charge in [0.05, 0.1) is 37.0 Å². The maximum atomic E-state index is 13.4. The molecule has 190 valence electrons. The van der Waals surface area contributed by atoms with Gasteiger partial charge in [-0.3, -0.25) is 9.59 Å². The monoisotopic (exact) mass is 501 g/mol. The van der Waals surface area contributed by atoms with Crippen LogP contribution in [0.3, 0.4) is 0 Å². The topological polar surface area (TPSA) is 113 Å². The fourth-order valence-corrected chi connectivity index (χ4v) is 4.70. The predicted octanol–water partition coefficient (Wildman–Crippen LogP) is 4.64. The number of hydrogen-bond acceptors (Lipinski definition) is 6. The summed E-state index contributed by atoms with van der Waals surface area (Å²) in [5, 5.41) is 20.7. The van der Waals surface area contributed by atoms with Gasteiger partial charge in [0, 0.05) is 6.54 Å². The summed E-state index contributed by atoms with van der Waals surface area (Å²) in [5.74, 6) is -2.07. The first-order chi connectivity index (χ1) is 17.7. The SMILES string of the molecule is COc1cccc(C2/C(=C(\O)c3cc(C)cc(C)c3OC)C(=O)C(=O)N2Cc2ccc(C(=O)O)cc2)c1. The van der Waals surface area contributed by atoms with Gasteiger partial charge in [0.25, 0.3) is 11.7 Å². The fourth-order valence-electron chi connectivity index (χ4n) is 4.70. The molecule has 1 aliphatic heterocycles. The molecule has 1 saturated heterocycles. The predicted molar refractivity (Wildman–Crippen MR) is 137 cm³/mol. The molecule has 3 aromatic rings. The van der Waals surface area contributed by atoms with Gasteiger partial charge in [-0.25, -0.2) is 4.79 Å². The minimum atomic E-state index is -1.06. The minimum absolute atomic E-state index is 0.0209. The first-order valence-corrected chi connectivity index (χ1v) is 11.6. The van der Waals surface area contributed by atoms with Crippen molar-refractivity contribution in [2.24, 2.45) is 0 Å². The Morgan fingerprint density at radius 1 is 0.946 bits per heavy atom. The van der Waals surface area contributed by atoms with Crippen LogP contribution in [-0.2, 0) is 16.1 Å². The molecule has 1 aliphatic rings. The van der Waals surface area contributed by atoms with Gasteiger partial charge >= 0.3 is 5.97 Å². The Hall–Kier alpha value is -4.59. The molecular weight excluding hydrogens is 474 g/mol. The Morgan fingerprint density at radius 2 is 1.65 bits per heavy atom.